The fraction of sp³-hybridized carbons (Fsp3) is 0.650. The summed E-state index contributed by atoms with van der Waals surface area (Å²) in [5, 5.41) is 3.17. The number of nitrogens with zero attached hydrogens (tertiary/aromatic N) is 1. The summed E-state index contributed by atoms with van der Waals surface area (Å²) in [6.45, 7) is 5.91. The Balaban J connectivity index is 1.59. The zero-order valence-electron chi connectivity index (χ0n) is 14.8. The highest BCUT2D eigenvalue weighted by Crippen LogP contribution is 2.27. The van der Waals surface area contributed by atoms with Gasteiger partial charge in [0, 0.05) is 13.2 Å². The first kappa shape index (κ1) is 17.4. The summed E-state index contributed by atoms with van der Waals surface area (Å²) in [6.07, 6.45) is 6.45. The van der Waals surface area contributed by atoms with Crippen LogP contribution in [0.15, 0.2) is 24.3 Å². The summed E-state index contributed by atoms with van der Waals surface area (Å²) in [5.74, 6) is 0.125. The van der Waals surface area contributed by atoms with Crippen molar-refractivity contribution in [3.8, 4) is 0 Å². The molecule has 2 fully saturated rings. The molecule has 0 spiro atoms. The number of amides is 1. The molecule has 132 valence electrons. The van der Waals surface area contributed by atoms with E-state index in [0.29, 0.717) is 13.0 Å². The van der Waals surface area contributed by atoms with Crippen LogP contribution in [0.3, 0.4) is 0 Å². The van der Waals surface area contributed by atoms with Crippen LogP contribution in [0.1, 0.15) is 55.7 Å². The fourth-order valence-corrected chi connectivity index (χ4v) is 3.91. The Bertz CT molecular complexity index is 534. The summed E-state index contributed by atoms with van der Waals surface area (Å²) >= 11 is 0. The van der Waals surface area contributed by atoms with Crippen LogP contribution in [-0.2, 0) is 9.53 Å². The number of carbonyl (C=O) groups excluding carboxylic acids is 1. The van der Waals surface area contributed by atoms with Crippen LogP contribution in [0, 0.1) is 6.92 Å². The molecule has 0 bridgehead atoms. The lowest BCUT2D eigenvalue weighted by Crippen LogP contribution is -2.38. The SMILES string of the molecule is Cc1ccccc1C(CNC(=O)CC1CCCCO1)N1CCCC1. The van der Waals surface area contributed by atoms with Crippen LogP contribution < -0.4 is 5.32 Å². The molecular weight excluding hydrogens is 300 g/mol. The van der Waals surface area contributed by atoms with Crippen LogP contribution in [0.25, 0.3) is 0 Å². The van der Waals surface area contributed by atoms with Crippen molar-refractivity contribution in [2.45, 2.75) is 57.6 Å². The molecule has 2 aliphatic heterocycles. The topological polar surface area (TPSA) is 41.6 Å². The minimum Gasteiger partial charge on any atom is -0.378 e. The Morgan fingerprint density at radius 1 is 1.25 bits per heavy atom. The van der Waals surface area contributed by atoms with Crippen molar-refractivity contribution in [2.75, 3.05) is 26.2 Å². The maximum absolute atomic E-state index is 12.3. The van der Waals surface area contributed by atoms with E-state index in [0.717, 1.165) is 32.5 Å². The monoisotopic (exact) mass is 330 g/mol. The maximum Gasteiger partial charge on any atom is 0.222 e. The van der Waals surface area contributed by atoms with Crippen LogP contribution >= 0.6 is 0 Å². The predicted molar refractivity (Wildman–Crippen MR) is 95.9 cm³/mol. The van der Waals surface area contributed by atoms with E-state index in [1.807, 2.05) is 0 Å². The number of hydrogen-bond acceptors (Lipinski definition) is 3. The molecular formula is C20H30N2O2. The van der Waals surface area contributed by atoms with E-state index in [1.54, 1.807) is 0 Å². The summed E-state index contributed by atoms with van der Waals surface area (Å²) in [5.41, 5.74) is 2.65. The molecule has 0 radical (unpaired) electrons. The smallest absolute Gasteiger partial charge is 0.222 e. The normalized spacial score (nSPS) is 23.1. The van der Waals surface area contributed by atoms with Crippen molar-refractivity contribution in [1.29, 1.82) is 0 Å². The number of hydrogen-bond donors (Lipinski definition) is 1. The Morgan fingerprint density at radius 3 is 2.75 bits per heavy atom. The standard InChI is InChI=1S/C20H30N2O2/c1-16-8-2-3-10-18(16)19(22-11-5-6-12-22)15-21-20(23)14-17-9-4-7-13-24-17/h2-3,8,10,17,19H,4-7,9,11-15H2,1H3,(H,21,23). The highest BCUT2D eigenvalue weighted by atomic mass is 16.5. The summed E-state index contributed by atoms with van der Waals surface area (Å²) in [4.78, 5) is 14.9. The van der Waals surface area contributed by atoms with Crippen molar-refractivity contribution >= 4 is 5.91 Å². The Labute approximate surface area is 145 Å². The molecule has 24 heavy (non-hydrogen) atoms. The van der Waals surface area contributed by atoms with E-state index in [9.17, 15) is 4.79 Å². The first-order valence-electron chi connectivity index (χ1n) is 9.42. The lowest BCUT2D eigenvalue weighted by Gasteiger charge is -2.30. The van der Waals surface area contributed by atoms with Crippen LogP contribution in [0.2, 0.25) is 0 Å². The molecule has 0 saturated carbocycles. The van der Waals surface area contributed by atoms with Gasteiger partial charge in [0.1, 0.15) is 0 Å². The molecule has 1 aromatic carbocycles. The summed E-state index contributed by atoms with van der Waals surface area (Å²) in [6, 6.07) is 8.83. The molecule has 1 amide bonds. The van der Waals surface area contributed by atoms with Crippen molar-refractivity contribution in [3.63, 3.8) is 0 Å². The molecule has 2 atom stereocenters. The van der Waals surface area contributed by atoms with Crippen LogP contribution in [-0.4, -0.2) is 43.2 Å². The molecule has 2 unspecified atom stereocenters. The fourth-order valence-electron chi connectivity index (χ4n) is 3.91. The van der Waals surface area contributed by atoms with Gasteiger partial charge in [-0.15, -0.1) is 0 Å². The van der Waals surface area contributed by atoms with Gasteiger partial charge in [-0.05, 0) is 63.2 Å². The Kier molecular flexibility index (Phi) is 6.27. The van der Waals surface area contributed by atoms with E-state index >= 15 is 0 Å². The molecule has 2 saturated heterocycles. The van der Waals surface area contributed by atoms with Gasteiger partial charge in [0.05, 0.1) is 18.6 Å². The van der Waals surface area contributed by atoms with Crippen molar-refractivity contribution in [3.05, 3.63) is 35.4 Å². The number of aryl methyl sites for hydroxylation is 1. The van der Waals surface area contributed by atoms with Crippen LogP contribution in [0.4, 0.5) is 0 Å². The minimum atomic E-state index is 0.113. The lowest BCUT2D eigenvalue weighted by atomic mass is 10.00. The molecule has 2 aliphatic rings. The van der Waals surface area contributed by atoms with Gasteiger partial charge < -0.3 is 10.1 Å². The van der Waals surface area contributed by atoms with Crippen molar-refractivity contribution < 1.29 is 9.53 Å². The van der Waals surface area contributed by atoms with Crippen molar-refractivity contribution in [2.24, 2.45) is 0 Å². The van der Waals surface area contributed by atoms with Gasteiger partial charge in [0.15, 0.2) is 0 Å². The first-order chi connectivity index (χ1) is 11.7. The molecule has 4 nitrogen and oxygen atoms in total. The van der Waals surface area contributed by atoms with Crippen LogP contribution in [0.5, 0.6) is 0 Å². The molecule has 1 aromatic rings. The number of rotatable bonds is 6. The molecule has 4 heteroatoms. The average Bonchev–Trinajstić information content (AvgIpc) is 3.12. The second kappa shape index (κ2) is 8.63. The maximum atomic E-state index is 12.3. The van der Waals surface area contributed by atoms with Gasteiger partial charge in [-0.2, -0.15) is 0 Å². The molecule has 2 heterocycles. The second-order valence-electron chi connectivity index (χ2n) is 7.11. The number of nitrogens with one attached hydrogen (secondary N) is 1. The van der Waals surface area contributed by atoms with E-state index in [1.165, 1.54) is 30.4 Å². The number of likely N-dealkylation sites (tertiary alicyclic amines) is 1. The van der Waals surface area contributed by atoms with Gasteiger partial charge >= 0.3 is 0 Å². The average molecular weight is 330 g/mol. The van der Waals surface area contributed by atoms with Gasteiger partial charge in [-0.25, -0.2) is 0 Å². The Morgan fingerprint density at radius 2 is 2.04 bits per heavy atom. The van der Waals surface area contributed by atoms with Gasteiger partial charge in [-0.1, -0.05) is 24.3 Å². The number of carbonyl (C=O) groups is 1. The second-order valence-corrected chi connectivity index (χ2v) is 7.11. The quantitative estimate of drug-likeness (QED) is 0.871. The summed E-state index contributed by atoms with van der Waals surface area (Å²) in [7, 11) is 0. The molecule has 1 N–H and O–H groups in total. The van der Waals surface area contributed by atoms with Gasteiger partial charge in [-0.3, -0.25) is 9.69 Å². The first-order valence-corrected chi connectivity index (χ1v) is 9.42. The molecule has 0 aromatic heterocycles. The Hall–Kier alpha value is -1.39. The van der Waals surface area contributed by atoms with Gasteiger partial charge in [0.2, 0.25) is 5.91 Å². The number of ether oxygens (including phenoxy) is 1. The van der Waals surface area contributed by atoms with Crippen molar-refractivity contribution in [1.82, 2.24) is 10.2 Å². The zero-order valence-corrected chi connectivity index (χ0v) is 14.8. The zero-order chi connectivity index (χ0) is 16.8. The number of benzene rings is 1. The van der Waals surface area contributed by atoms with Gasteiger partial charge in [0.25, 0.3) is 0 Å². The third kappa shape index (κ3) is 4.58. The highest BCUT2D eigenvalue weighted by molar-refractivity contribution is 5.76. The molecule has 3 rings (SSSR count). The van der Waals surface area contributed by atoms with E-state index in [2.05, 4.69) is 41.4 Å². The third-order valence-corrected chi connectivity index (χ3v) is 5.31. The van der Waals surface area contributed by atoms with E-state index in [-0.39, 0.29) is 18.1 Å². The van der Waals surface area contributed by atoms with E-state index in [4.69, 9.17) is 4.74 Å². The summed E-state index contributed by atoms with van der Waals surface area (Å²) < 4.78 is 5.69. The van der Waals surface area contributed by atoms with E-state index < -0.39 is 0 Å². The molecule has 0 aliphatic carbocycles. The minimum absolute atomic E-state index is 0.113. The largest absolute Gasteiger partial charge is 0.378 e. The highest BCUT2D eigenvalue weighted by Gasteiger charge is 2.25. The third-order valence-electron chi connectivity index (χ3n) is 5.31. The predicted octanol–water partition coefficient (Wildman–Crippen LogP) is 3.21. The lowest BCUT2D eigenvalue weighted by molar-refractivity contribution is -0.125.